The molecule has 5 nitrogen and oxygen atoms in total. The normalized spacial score (nSPS) is 10.4. The molecule has 0 aliphatic rings. The average Bonchev–Trinajstić information content (AvgIpc) is 2.31. The summed E-state index contributed by atoms with van der Waals surface area (Å²) in [7, 11) is 1.87. The minimum atomic E-state index is 0.0940. The van der Waals surface area contributed by atoms with Gasteiger partial charge < -0.3 is 10.6 Å². The molecule has 2 aromatic rings. The SMILES string of the molecule is CN(Cc1ccccc1Br)c1nc(N)nc(Cl)n1. The molecular weight excluding hydrogens is 318 g/mol. The fraction of sp³-hybridized carbons (Fsp3) is 0.182. The average molecular weight is 329 g/mol. The highest BCUT2D eigenvalue weighted by molar-refractivity contribution is 9.10. The molecule has 0 amide bonds. The van der Waals surface area contributed by atoms with Crippen LogP contribution in [0.2, 0.25) is 5.28 Å². The van der Waals surface area contributed by atoms with Crippen LogP contribution in [-0.4, -0.2) is 22.0 Å². The van der Waals surface area contributed by atoms with Gasteiger partial charge in [0, 0.05) is 18.1 Å². The number of benzene rings is 1. The summed E-state index contributed by atoms with van der Waals surface area (Å²) in [5.41, 5.74) is 6.66. The van der Waals surface area contributed by atoms with E-state index in [4.69, 9.17) is 17.3 Å². The smallest absolute Gasteiger partial charge is 0.231 e. The van der Waals surface area contributed by atoms with Gasteiger partial charge >= 0.3 is 0 Å². The third-order valence-corrected chi connectivity index (χ3v) is 3.26. The number of anilines is 2. The number of nitrogen functional groups attached to an aromatic ring is 1. The zero-order chi connectivity index (χ0) is 13.1. The van der Waals surface area contributed by atoms with Crippen molar-refractivity contribution < 1.29 is 0 Å². The first-order valence-corrected chi connectivity index (χ1v) is 6.35. The highest BCUT2D eigenvalue weighted by Gasteiger charge is 2.09. The Labute approximate surface area is 118 Å². The van der Waals surface area contributed by atoms with E-state index in [9.17, 15) is 0 Å². The topological polar surface area (TPSA) is 67.9 Å². The van der Waals surface area contributed by atoms with Crippen molar-refractivity contribution in [3.8, 4) is 0 Å². The van der Waals surface area contributed by atoms with Crippen molar-refractivity contribution in [2.45, 2.75) is 6.54 Å². The van der Waals surface area contributed by atoms with E-state index in [0.29, 0.717) is 12.5 Å². The van der Waals surface area contributed by atoms with Gasteiger partial charge in [-0.2, -0.15) is 15.0 Å². The molecule has 1 aromatic heterocycles. The van der Waals surface area contributed by atoms with E-state index in [1.165, 1.54) is 0 Å². The van der Waals surface area contributed by atoms with Crippen molar-refractivity contribution in [3.63, 3.8) is 0 Å². The summed E-state index contributed by atoms with van der Waals surface area (Å²) in [5, 5.41) is 0.0940. The lowest BCUT2D eigenvalue weighted by Gasteiger charge is -2.17. The summed E-state index contributed by atoms with van der Waals surface area (Å²) in [5.74, 6) is 0.562. The van der Waals surface area contributed by atoms with Crippen LogP contribution in [0.5, 0.6) is 0 Å². The van der Waals surface area contributed by atoms with Crippen LogP contribution in [0.1, 0.15) is 5.56 Å². The van der Waals surface area contributed by atoms with Crippen LogP contribution in [-0.2, 0) is 6.54 Å². The number of rotatable bonds is 3. The molecular formula is C11H11BrClN5. The Bertz CT molecular complexity index is 543. The van der Waals surface area contributed by atoms with Gasteiger partial charge in [-0.05, 0) is 23.2 Å². The van der Waals surface area contributed by atoms with Crippen molar-refractivity contribution in [1.29, 1.82) is 0 Å². The molecule has 7 heteroatoms. The van der Waals surface area contributed by atoms with E-state index in [2.05, 4.69) is 30.9 Å². The van der Waals surface area contributed by atoms with Crippen LogP contribution >= 0.6 is 27.5 Å². The van der Waals surface area contributed by atoms with Crippen LogP contribution < -0.4 is 10.6 Å². The predicted molar refractivity (Wildman–Crippen MR) is 75.5 cm³/mol. The van der Waals surface area contributed by atoms with Gasteiger partial charge in [0.25, 0.3) is 0 Å². The molecule has 0 atom stereocenters. The Balaban J connectivity index is 2.22. The largest absolute Gasteiger partial charge is 0.368 e. The first-order chi connectivity index (χ1) is 8.56. The van der Waals surface area contributed by atoms with E-state index in [0.717, 1.165) is 10.0 Å². The van der Waals surface area contributed by atoms with Gasteiger partial charge in [-0.15, -0.1) is 0 Å². The van der Waals surface area contributed by atoms with Gasteiger partial charge in [0.05, 0.1) is 0 Å². The van der Waals surface area contributed by atoms with Crippen molar-refractivity contribution in [2.75, 3.05) is 17.7 Å². The second-order valence-electron chi connectivity index (χ2n) is 3.71. The van der Waals surface area contributed by atoms with Crippen LogP contribution in [0.25, 0.3) is 0 Å². The monoisotopic (exact) mass is 327 g/mol. The molecule has 0 saturated carbocycles. The molecule has 2 rings (SSSR count). The fourth-order valence-electron chi connectivity index (χ4n) is 1.48. The molecule has 0 aliphatic heterocycles. The Morgan fingerprint density at radius 2 is 2.00 bits per heavy atom. The maximum atomic E-state index is 5.75. The molecule has 2 N–H and O–H groups in total. The highest BCUT2D eigenvalue weighted by atomic mass is 79.9. The highest BCUT2D eigenvalue weighted by Crippen LogP contribution is 2.19. The van der Waals surface area contributed by atoms with Crippen molar-refractivity contribution in [2.24, 2.45) is 0 Å². The first kappa shape index (κ1) is 13.0. The van der Waals surface area contributed by atoms with Crippen molar-refractivity contribution >= 4 is 39.4 Å². The Morgan fingerprint density at radius 3 is 2.67 bits per heavy atom. The molecule has 1 heterocycles. The van der Waals surface area contributed by atoms with E-state index >= 15 is 0 Å². The zero-order valence-corrected chi connectivity index (χ0v) is 12.0. The second kappa shape index (κ2) is 5.49. The van der Waals surface area contributed by atoms with Crippen molar-refractivity contribution in [1.82, 2.24) is 15.0 Å². The molecule has 0 unspecified atom stereocenters. The van der Waals surface area contributed by atoms with Gasteiger partial charge in [-0.25, -0.2) is 0 Å². The third kappa shape index (κ3) is 3.08. The zero-order valence-electron chi connectivity index (χ0n) is 9.64. The fourth-order valence-corrected chi connectivity index (χ4v) is 2.05. The van der Waals surface area contributed by atoms with E-state index in [1.807, 2.05) is 36.2 Å². The number of nitrogens with zero attached hydrogens (tertiary/aromatic N) is 4. The van der Waals surface area contributed by atoms with E-state index in [1.54, 1.807) is 0 Å². The molecule has 18 heavy (non-hydrogen) atoms. The summed E-state index contributed by atoms with van der Waals surface area (Å²) in [6.07, 6.45) is 0. The van der Waals surface area contributed by atoms with Crippen LogP contribution in [0.3, 0.4) is 0 Å². The lowest BCUT2D eigenvalue weighted by molar-refractivity contribution is 0.854. The summed E-state index contributed by atoms with van der Waals surface area (Å²) in [6.45, 7) is 0.640. The number of hydrogen-bond acceptors (Lipinski definition) is 5. The molecule has 0 bridgehead atoms. The number of aromatic nitrogens is 3. The molecule has 0 fully saturated rings. The minimum absolute atomic E-state index is 0.0940. The summed E-state index contributed by atoms with van der Waals surface area (Å²) in [6, 6.07) is 7.94. The molecule has 1 aromatic carbocycles. The lowest BCUT2D eigenvalue weighted by atomic mass is 10.2. The van der Waals surface area contributed by atoms with Gasteiger partial charge in [0.15, 0.2) is 0 Å². The van der Waals surface area contributed by atoms with Crippen molar-refractivity contribution in [3.05, 3.63) is 39.6 Å². The third-order valence-electron chi connectivity index (χ3n) is 2.32. The van der Waals surface area contributed by atoms with Gasteiger partial charge in [-0.3, -0.25) is 0 Å². The van der Waals surface area contributed by atoms with Crippen LogP contribution in [0, 0.1) is 0 Å². The van der Waals surface area contributed by atoms with Crippen LogP contribution in [0.4, 0.5) is 11.9 Å². The Kier molecular flexibility index (Phi) is 3.98. The van der Waals surface area contributed by atoms with Gasteiger partial charge in [-0.1, -0.05) is 34.1 Å². The number of hydrogen-bond donors (Lipinski definition) is 1. The lowest BCUT2D eigenvalue weighted by Crippen LogP contribution is -2.20. The summed E-state index contributed by atoms with van der Waals surface area (Å²) in [4.78, 5) is 13.7. The minimum Gasteiger partial charge on any atom is -0.368 e. The maximum Gasteiger partial charge on any atom is 0.231 e. The molecule has 94 valence electrons. The molecule has 0 spiro atoms. The molecule has 0 saturated heterocycles. The second-order valence-corrected chi connectivity index (χ2v) is 4.90. The van der Waals surface area contributed by atoms with Gasteiger partial charge in [0.1, 0.15) is 0 Å². The van der Waals surface area contributed by atoms with Gasteiger partial charge in [0.2, 0.25) is 17.2 Å². The summed E-state index contributed by atoms with van der Waals surface area (Å²) >= 11 is 9.25. The quantitative estimate of drug-likeness (QED) is 0.937. The Hall–Kier alpha value is -1.40. The number of nitrogens with two attached hydrogens (primary N) is 1. The molecule has 0 radical (unpaired) electrons. The number of halogens is 2. The van der Waals surface area contributed by atoms with E-state index in [-0.39, 0.29) is 11.2 Å². The molecule has 0 aliphatic carbocycles. The Morgan fingerprint density at radius 1 is 1.28 bits per heavy atom. The summed E-state index contributed by atoms with van der Waals surface area (Å²) < 4.78 is 1.03. The standard InChI is InChI=1S/C11H11BrClN5/c1-18(6-7-4-2-3-5-8(7)12)11-16-9(13)15-10(14)17-11/h2-5H,6H2,1H3,(H2,14,15,16,17). The predicted octanol–water partition coefficient (Wildman–Crippen LogP) is 2.51. The maximum absolute atomic E-state index is 5.75. The van der Waals surface area contributed by atoms with Crippen LogP contribution in [0.15, 0.2) is 28.7 Å². The first-order valence-electron chi connectivity index (χ1n) is 5.18. The van der Waals surface area contributed by atoms with E-state index < -0.39 is 0 Å².